The zero-order valence-electron chi connectivity index (χ0n) is 80.8. The third kappa shape index (κ3) is 29.1. The number of aromatic amines is 3. The molecular weight excluding hydrogens is 1920 g/mol. The van der Waals surface area contributed by atoms with E-state index in [-0.39, 0.29) is 135 Å². The second-order valence-corrected chi connectivity index (χ2v) is 33.2. The molecule has 0 aliphatic carbocycles. The minimum absolute atomic E-state index is 0.0248. The average Bonchev–Trinajstić information content (AvgIpc) is 1.59. The molecule has 9 amide bonds. The molecule has 2 atom stereocenters. The third-order valence-corrected chi connectivity index (χ3v) is 21.6. The van der Waals surface area contributed by atoms with Gasteiger partial charge in [-0.05, 0) is 119 Å². The highest BCUT2D eigenvalue weighted by molar-refractivity contribution is 6.20. The molecule has 0 fully saturated rings. The number of carbonyl (C=O) groups excluding carboxylic acids is 17. The molecule has 12 N–H and O–H groups in total. The lowest BCUT2D eigenvalue weighted by Gasteiger charge is -2.25. The minimum atomic E-state index is -0.604. The van der Waals surface area contributed by atoms with Crippen LogP contribution in [0.25, 0.3) is 54.9 Å². The number of hydrogen-bond acceptors (Lipinski definition) is 29. The molecule has 0 saturated carbocycles. The summed E-state index contributed by atoms with van der Waals surface area (Å²) in [5.41, 5.74) is 13.1. The van der Waals surface area contributed by atoms with Crippen molar-refractivity contribution in [2.24, 2.45) is 35.2 Å². The van der Waals surface area contributed by atoms with Crippen molar-refractivity contribution in [1.29, 1.82) is 0 Å². The molecule has 0 saturated heterocycles. The van der Waals surface area contributed by atoms with Crippen molar-refractivity contribution in [3.63, 3.8) is 0 Å². The van der Waals surface area contributed by atoms with Crippen LogP contribution in [-0.4, -0.2) is 186 Å². The van der Waals surface area contributed by atoms with Crippen LogP contribution in [0.5, 0.6) is 11.5 Å². The summed E-state index contributed by atoms with van der Waals surface area (Å²) < 4.78 is 24.9. The predicted molar refractivity (Wildman–Crippen MR) is 524 cm³/mol. The Hall–Kier alpha value is -18.0. The molecule has 2 unspecified atom stereocenters. The van der Waals surface area contributed by atoms with Gasteiger partial charge in [0.2, 0.25) is 41.1 Å². The van der Waals surface area contributed by atoms with Gasteiger partial charge in [-0.25, -0.2) is 29.7 Å². The summed E-state index contributed by atoms with van der Waals surface area (Å²) in [6, 6.07) is 28.8. The second kappa shape index (κ2) is 50.5. The number of nitrogens with zero attached hydrogens (tertiary/aromatic N) is 13. The van der Waals surface area contributed by atoms with E-state index in [1.807, 2.05) is 107 Å². The summed E-state index contributed by atoms with van der Waals surface area (Å²) >= 11 is 12.4. The molecule has 2 aliphatic rings. The topological polar surface area (TPSA) is 636 Å². The van der Waals surface area contributed by atoms with Crippen LogP contribution >= 0.6 is 23.2 Å². The van der Waals surface area contributed by atoms with Crippen LogP contribution in [-0.2, 0) is 117 Å². The van der Waals surface area contributed by atoms with Crippen molar-refractivity contribution in [3.05, 3.63) is 208 Å². The number of oxazole rings is 2. The predicted octanol–water partition coefficient (Wildman–Crippen LogP) is 13.7. The van der Waals surface area contributed by atoms with Gasteiger partial charge < -0.3 is 104 Å². The van der Waals surface area contributed by atoms with Gasteiger partial charge in [0.1, 0.15) is 22.3 Å². The Morgan fingerprint density at radius 2 is 0.868 bits per heavy atom. The highest BCUT2D eigenvalue weighted by Gasteiger charge is 2.40. The number of aromatic nitrogens is 13. The summed E-state index contributed by atoms with van der Waals surface area (Å²) in [6.45, 7) is 21.3. The van der Waals surface area contributed by atoms with Gasteiger partial charge in [0.25, 0.3) is 29.3 Å². The maximum Gasteiger partial charge on any atom is 0.414 e. The summed E-state index contributed by atoms with van der Waals surface area (Å²) in [7, 11) is 8.84. The largest absolute Gasteiger partial charge is 0.504 e. The smallest absolute Gasteiger partial charge is 0.414 e. The van der Waals surface area contributed by atoms with E-state index >= 15 is 0 Å². The molecule has 10 aromatic heterocycles. The number of fused-ring (bicyclic) bond motifs is 9. The molecule has 754 valence electrons. The van der Waals surface area contributed by atoms with Gasteiger partial charge in [-0.15, -0.1) is 23.2 Å². The number of halogens is 2. The number of amides is 9. The zero-order valence-corrected chi connectivity index (χ0v) is 82.3. The lowest BCUT2D eigenvalue weighted by atomic mass is 10.0. The number of phenols is 2. The normalized spacial score (nSPS) is 12.1. The number of nitro groups is 1. The number of imidazole rings is 3. The fourth-order valence-electron chi connectivity index (χ4n) is 15.0. The molecular formula is C95H101Cl2N23O24. The van der Waals surface area contributed by atoms with Crippen LogP contribution in [0.15, 0.2) is 143 Å². The Balaban J connectivity index is 0.000000215. The summed E-state index contributed by atoms with van der Waals surface area (Å²) in [6.07, 6.45) is 13.3. The number of phenolic OH excluding ortho intramolecular Hbond substituents is 2. The van der Waals surface area contributed by atoms with Gasteiger partial charge in [-0.3, -0.25) is 53.4 Å². The van der Waals surface area contributed by atoms with Crippen LogP contribution in [0, 0.1) is 24.0 Å². The van der Waals surface area contributed by atoms with E-state index in [2.05, 4.69) is 97.0 Å². The minimum Gasteiger partial charge on any atom is -0.504 e. The second-order valence-electron chi connectivity index (χ2n) is 32.6. The quantitative estimate of drug-likeness (QED) is 0.0229. The Morgan fingerprint density at radius 1 is 0.479 bits per heavy atom. The highest BCUT2D eigenvalue weighted by Crippen LogP contribution is 2.48. The van der Waals surface area contributed by atoms with Crippen molar-refractivity contribution in [3.8, 4) is 11.5 Å². The van der Waals surface area contributed by atoms with E-state index < -0.39 is 17.6 Å². The SMILES string of the molecule is CC(=O)Nc1cn(C)c(C(=O)Nc2ccc3[nH]c(C(=O)N4CC(CCl)c5c4cc(O)c4oc(C)nc54)cc3c2)n1.CC(=O)Nc1cn(C)c(C(=O)Nc2ccc3[nH]ccc3c2)n1.CCc1cc(NC(C)=O)cn1C.CCc1cc([N+](=O)[O-])cn1C.CCc1cc2cc(NC(=O)c3nc(NC(C)=O)cn3C)ccc2[nH]1.Cc1nc2c3c(cc(O)c2o1)N(C(=O)OC(C)(C)C)CC3CCl.O=C=O.O=C=O.O=C=O.O=C=O. The number of hydrogen-bond donors (Lipinski definition) is 12. The zero-order chi connectivity index (χ0) is 107. The lowest BCUT2D eigenvalue weighted by Crippen LogP contribution is -2.36. The van der Waals surface area contributed by atoms with Gasteiger partial charge in [0.05, 0.1) is 28.2 Å². The van der Waals surface area contributed by atoms with E-state index in [0.717, 1.165) is 69.3 Å². The molecule has 5 aromatic carbocycles. The number of carbonyl (C=O) groups is 9. The van der Waals surface area contributed by atoms with Crippen molar-refractivity contribution >= 4 is 213 Å². The van der Waals surface area contributed by atoms with Crippen LogP contribution in [0.2, 0.25) is 0 Å². The van der Waals surface area contributed by atoms with E-state index in [4.69, 9.17) is 75.1 Å². The van der Waals surface area contributed by atoms with Gasteiger partial charge in [0, 0.05) is 241 Å². The van der Waals surface area contributed by atoms with Gasteiger partial charge in [0.15, 0.2) is 51.9 Å². The van der Waals surface area contributed by atoms with Gasteiger partial charge in [-0.2, -0.15) is 38.4 Å². The molecule has 0 spiro atoms. The van der Waals surface area contributed by atoms with E-state index in [0.29, 0.717) is 104 Å². The fraction of sp³-hybridized carbons (Fsp3) is 0.284. The van der Waals surface area contributed by atoms with Crippen LogP contribution in [0.3, 0.4) is 0 Å². The molecule has 0 bridgehead atoms. The van der Waals surface area contributed by atoms with Crippen molar-refractivity contribution in [1.82, 2.24) is 62.7 Å². The van der Waals surface area contributed by atoms with Crippen LogP contribution in [0.4, 0.5) is 62.1 Å². The number of ether oxygens (including phenoxy) is 1. The number of anilines is 9. The van der Waals surface area contributed by atoms with E-state index in [9.17, 15) is 63.5 Å². The highest BCUT2D eigenvalue weighted by atomic mass is 35.5. The first-order chi connectivity index (χ1) is 68.2. The Morgan fingerprint density at radius 3 is 1.25 bits per heavy atom. The Labute approximate surface area is 827 Å². The monoisotopic (exact) mass is 2020 g/mol. The summed E-state index contributed by atoms with van der Waals surface area (Å²) in [4.78, 5) is 217. The Kier molecular flexibility index (Phi) is 39.0. The maximum absolute atomic E-state index is 13.7. The molecule has 2 aliphatic heterocycles. The molecule has 49 heteroatoms. The van der Waals surface area contributed by atoms with E-state index in [1.54, 1.807) is 103 Å². The summed E-state index contributed by atoms with van der Waals surface area (Å²) in [5.74, 6) is 0.359. The molecule has 15 aromatic rings. The molecule has 12 heterocycles. The Bertz CT molecular complexity index is 7370. The maximum atomic E-state index is 13.7. The number of benzene rings is 5. The number of H-pyrrole nitrogens is 3. The lowest BCUT2D eigenvalue weighted by molar-refractivity contribution is -0.384. The average molecular weight is 2020 g/mol. The van der Waals surface area contributed by atoms with Gasteiger partial charge >= 0.3 is 30.7 Å². The number of aromatic hydroxyl groups is 2. The summed E-state index contributed by atoms with van der Waals surface area (Å²) in [5, 5.41) is 52.6. The number of rotatable bonds is 17. The molecule has 144 heavy (non-hydrogen) atoms. The fourth-order valence-corrected chi connectivity index (χ4v) is 15.5. The molecule has 47 nitrogen and oxygen atoms in total. The first-order valence-corrected chi connectivity index (χ1v) is 44.4. The van der Waals surface area contributed by atoms with Crippen molar-refractivity contribution in [2.75, 3.05) is 71.9 Å². The first-order valence-electron chi connectivity index (χ1n) is 43.3. The van der Waals surface area contributed by atoms with Crippen molar-refractivity contribution in [2.45, 2.75) is 120 Å². The molecule has 17 rings (SSSR count). The van der Waals surface area contributed by atoms with Crippen molar-refractivity contribution < 1.29 is 110 Å². The first kappa shape index (κ1) is 111. The number of nitrogens with one attached hydrogen (secondary N) is 10. The van der Waals surface area contributed by atoms with Gasteiger partial charge in [-0.1, -0.05) is 20.8 Å². The standard InChI is InChI=1S/C27H24ClN7O5.C17H19N5O2.C16H19ClN2O4.C15H15N5O2.C9H14N2O.C7H10N2O2.4CO2/c1-12(36)29-21-11-34(3)25(33-21)26(38)31-16-4-5-17-14(6-16)7-18(32-17)27(39)35-10-15(9-28)22-19(35)8-20(37)24-23(22)30-13(2)40-24;1-4-12-7-11-8-13(5-6-14(11)19-12)20-17(24)16-21-15(9-22(16)3)18-10(2)23;1-8-18-13-12-9(6-17)7-19(15(21)23-16(2,3)4)10(12)5-11(20)14(13)22-8;1-9(21)17-13-8-20(2)14(19-13)15(22)18-11-3-4-12-10(7-11)5-6-16-12;1-4-9-5-8(6-11(9)3)10-7(2)12;1-3-6-4-7(9(10)11)5-8(6)2;4*2-1-3/h4-8,11,15,32,37H,9-10H2,1-3H3,(H,29,36)(H,31,38);5-9,19H,4H2,1-3H3,(H,18,23)(H,20,24);5,9,20H,6-7H2,1-4H3;3-8,16H,1-2H3,(H,17,21)(H,18,22);5-6H,4H2,1-3H3,(H,10,12);4-5H,3H2,1-2H3;;;;. The molecule has 0 radical (unpaired) electrons. The number of aryl methyl sites for hydroxylation is 10. The van der Waals surface area contributed by atoms with Crippen LogP contribution < -0.4 is 47.0 Å². The van der Waals surface area contributed by atoms with Crippen LogP contribution in [0.1, 0.15) is 163 Å². The van der Waals surface area contributed by atoms with E-state index in [1.165, 1.54) is 61.2 Å². The number of alkyl halides is 2. The third-order valence-electron chi connectivity index (χ3n) is 20.8.